The van der Waals surface area contributed by atoms with Crippen molar-refractivity contribution in [2.24, 2.45) is 0 Å². The maximum atomic E-state index is 12.8. The van der Waals surface area contributed by atoms with E-state index in [9.17, 15) is 9.59 Å². The minimum Gasteiger partial charge on any atom is -0.489 e. The highest BCUT2D eigenvalue weighted by Crippen LogP contribution is 2.35. The van der Waals surface area contributed by atoms with Crippen LogP contribution in [0.2, 0.25) is 15.1 Å². The van der Waals surface area contributed by atoms with Crippen molar-refractivity contribution in [3.8, 4) is 5.75 Å². The first-order valence-corrected chi connectivity index (χ1v) is 11.5. The number of hydrogen-bond acceptors (Lipinski definition) is 4. The second kappa shape index (κ2) is 10.0. The molecule has 4 nitrogen and oxygen atoms in total. The molecule has 0 radical (unpaired) electrons. The van der Waals surface area contributed by atoms with Crippen LogP contribution in [0.4, 0.5) is 4.79 Å². The second-order valence-electron chi connectivity index (χ2n) is 6.96. The minimum atomic E-state index is -0.367. The van der Waals surface area contributed by atoms with Crippen LogP contribution < -0.4 is 4.74 Å². The number of carbonyl (C=O) groups is 2. The third-order valence-electron chi connectivity index (χ3n) is 4.73. The summed E-state index contributed by atoms with van der Waals surface area (Å²) in [5.41, 5.74) is 2.27. The standard InChI is InChI=1S/C24H16Cl3NO3S/c25-18-9-8-16(21(27)12-18)13-28-23(29)22(32-24(28)30)11-15-4-3-6-19(10-15)31-14-17-5-1-2-7-20(17)26/h1-12H,13-14H2/b22-11-. The molecule has 32 heavy (non-hydrogen) atoms. The normalized spacial score (nSPS) is 15.0. The van der Waals surface area contributed by atoms with Crippen LogP contribution >= 0.6 is 46.6 Å². The van der Waals surface area contributed by atoms with Crippen molar-refractivity contribution in [2.75, 3.05) is 0 Å². The molecule has 1 saturated heterocycles. The van der Waals surface area contributed by atoms with Gasteiger partial charge in [0, 0.05) is 20.6 Å². The molecule has 0 unspecified atom stereocenters. The fourth-order valence-corrected chi connectivity index (χ4v) is 4.58. The Morgan fingerprint density at radius 3 is 2.47 bits per heavy atom. The first kappa shape index (κ1) is 22.7. The summed E-state index contributed by atoms with van der Waals surface area (Å²) in [6.07, 6.45) is 1.68. The van der Waals surface area contributed by atoms with Crippen LogP contribution in [-0.2, 0) is 17.9 Å². The van der Waals surface area contributed by atoms with Gasteiger partial charge in [0.25, 0.3) is 11.1 Å². The number of amides is 2. The average Bonchev–Trinajstić information content (AvgIpc) is 3.02. The van der Waals surface area contributed by atoms with Crippen LogP contribution in [0, 0.1) is 0 Å². The van der Waals surface area contributed by atoms with Gasteiger partial charge in [-0.2, -0.15) is 0 Å². The molecule has 0 spiro atoms. The van der Waals surface area contributed by atoms with Crippen molar-refractivity contribution in [1.29, 1.82) is 0 Å². The van der Waals surface area contributed by atoms with Crippen molar-refractivity contribution >= 4 is 63.8 Å². The largest absolute Gasteiger partial charge is 0.489 e. The lowest BCUT2D eigenvalue weighted by Gasteiger charge is -2.13. The third kappa shape index (κ3) is 5.30. The zero-order valence-corrected chi connectivity index (χ0v) is 19.6. The van der Waals surface area contributed by atoms with Crippen molar-refractivity contribution < 1.29 is 14.3 Å². The maximum Gasteiger partial charge on any atom is 0.293 e. The molecule has 4 rings (SSSR count). The van der Waals surface area contributed by atoms with E-state index >= 15 is 0 Å². The molecule has 0 saturated carbocycles. The van der Waals surface area contributed by atoms with Gasteiger partial charge in [0.15, 0.2) is 0 Å². The van der Waals surface area contributed by atoms with Gasteiger partial charge in [-0.05, 0) is 59.3 Å². The van der Waals surface area contributed by atoms with Crippen LogP contribution in [0.5, 0.6) is 5.75 Å². The number of carbonyl (C=O) groups excluding carboxylic acids is 2. The first-order chi connectivity index (χ1) is 15.4. The van der Waals surface area contributed by atoms with E-state index in [0.29, 0.717) is 37.9 Å². The van der Waals surface area contributed by atoms with E-state index in [-0.39, 0.29) is 17.7 Å². The monoisotopic (exact) mass is 503 g/mol. The molecular weight excluding hydrogens is 489 g/mol. The fraction of sp³-hybridized carbons (Fsp3) is 0.0833. The van der Waals surface area contributed by atoms with Crippen molar-refractivity contribution in [3.05, 3.63) is 103 Å². The summed E-state index contributed by atoms with van der Waals surface area (Å²) in [7, 11) is 0. The van der Waals surface area contributed by atoms with Gasteiger partial charge in [-0.1, -0.05) is 71.2 Å². The minimum absolute atomic E-state index is 0.0823. The summed E-state index contributed by atoms with van der Waals surface area (Å²) in [6, 6.07) is 19.7. The molecule has 1 fully saturated rings. The number of thioether (sulfide) groups is 1. The van der Waals surface area contributed by atoms with Gasteiger partial charge in [-0.25, -0.2) is 0 Å². The zero-order valence-electron chi connectivity index (χ0n) is 16.6. The highest BCUT2D eigenvalue weighted by molar-refractivity contribution is 8.18. The van der Waals surface area contributed by atoms with E-state index in [0.717, 1.165) is 22.9 Å². The summed E-state index contributed by atoms with van der Waals surface area (Å²) in [5, 5.41) is 1.19. The van der Waals surface area contributed by atoms with Crippen LogP contribution in [0.25, 0.3) is 6.08 Å². The van der Waals surface area contributed by atoms with Gasteiger partial charge in [-0.15, -0.1) is 0 Å². The van der Waals surface area contributed by atoms with Gasteiger partial charge >= 0.3 is 0 Å². The van der Waals surface area contributed by atoms with Gasteiger partial charge in [0.2, 0.25) is 0 Å². The van der Waals surface area contributed by atoms with E-state index in [1.807, 2.05) is 42.5 Å². The lowest BCUT2D eigenvalue weighted by molar-refractivity contribution is -0.123. The predicted molar refractivity (Wildman–Crippen MR) is 130 cm³/mol. The SMILES string of the molecule is O=C1S/C(=C\c2cccc(OCc3ccccc3Cl)c2)C(=O)N1Cc1ccc(Cl)cc1Cl. The molecule has 162 valence electrons. The Morgan fingerprint density at radius 2 is 1.69 bits per heavy atom. The summed E-state index contributed by atoms with van der Waals surface area (Å²) >= 11 is 19.2. The Hall–Kier alpha value is -2.44. The number of nitrogens with zero attached hydrogens (tertiary/aromatic N) is 1. The highest BCUT2D eigenvalue weighted by atomic mass is 35.5. The van der Waals surface area contributed by atoms with E-state index < -0.39 is 0 Å². The number of ether oxygens (including phenoxy) is 1. The smallest absolute Gasteiger partial charge is 0.293 e. The van der Waals surface area contributed by atoms with Gasteiger partial charge in [0.05, 0.1) is 11.4 Å². The van der Waals surface area contributed by atoms with E-state index in [1.54, 1.807) is 30.3 Å². The van der Waals surface area contributed by atoms with Crippen LogP contribution in [-0.4, -0.2) is 16.0 Å². The van der Waals surface area contributed by atoms with E-state index in [1.165, 1.54) is 4.90 Å². The number of rotatable bonds is 6. The molecule has 3 aromatic rings. The Kier molecular flexibility index (Phi) is 7.11. The molecule has 1 heterocycles. The zero-order chi connectivity index (χ0) is 22.7. The summed E-state index contributed by atoms with van der Waals surface area (Å²) in [4.78, 5) is 26.8. The Labute approximate surface area is 204 Å². The Morgan fingerprint density at radius 1 is 0.875 bits per heavy atom. The molecular formula is C24H16Cl3NO3S. The van der Waals surface area contributed by atoms with Crippen LogP contribution in [0.1, 0.15) is 16.7 Å². The van der Waals surface area contributed by atoms with Gasteiger partial charge in [0.1, 0.15) is 12.4 Å². The van der Waals surface area contributed by atoms with E-state index in [2.05, 4.69) is 0 Å². The Balaban J connectivity index is 1.48. The number of hydrogen-bond donors (Lipinski definition) is 0. The van der Waals surface area contributed by atoms with Crippen molar-refractivity contribution in [2.45, 2.75) is 13.2 Å². The van der Waals surface area contributed by atoms with Crippen molar-refractivity contribution in [3.63, 3.8) is 0 Å². The molecule has 0 N–H and O–H groups in total. The molecule has 1 aliphatic rings. The summed E-state index contributed by atoms with van der Waals surface area (Å²) in [6.45, 7) is 0.403. The number of imide groups is 1. The summed E-state index contributed by atoms with van der Waals surface area (Å²) < 4.78 is 5.84. The van der Waals surface area contributed by atoms with Crippen molar-refractivity contribution in [1.82, 2.24) is 4.90 Å². The fourth-order valence-electron chi connectivity index (χ4n) is 3.08. The molecule has 0 atom stereocenters. The maximum absolute atomic E-state index is 12.8. The third-order valence-corrected chi connectivity index (χ3v) is 6.59. The lowest BCUT2D eigenvalue weighted by atomic mass is 10.2. The summed E-state index contributed by atoms with van der Waals surface area (Å²) in [5.74, 6) is 0.263. The van der Waals surface area contributed by atoms with Crippen LogP contribution in [0.3, 0.4) is 0 Å². The van der Waals surface area contributed by atoms with Gasteiger partial charge in [-0.3, -0.25) is 14.5 Å². The van der Waals surface area contributed by atoms with Gasteiger partial charge < -0.3 is 4.74 Å². The topological polar surface area (TPSA) is 46.6 Å². The Bertz CT molecular complexity index is 1230. The molecule has 0 aromatic heterocycles. The highest BCUT2D eigenvalue weighted by Gasteiger charge is 2.35. The molecule has 1 aliphatic heterocycles. The predicted octanol–water partition coefficient (Wildman–Crippen LogP) is 7.46. The lowest BCUT2D eigenvalue weighted by Crippen LogP contribution is -2.27. The second-order valence-corrected chi connectivity index (χ2v) is 9.20. The molecule has 8 heteroatoms. The number of halogens is 3. The first-order valence-electron chi connectivity index (χ1n) is 9.56. The quantitative estimate of drug-likeness (QED) is 0.327. The molecule has 0 aliphatic carbocycles. The number of benzene rings is 3. The molecule has 0 bridgehead atoms. The molecule has 3 aromatic carbocycles. The van der Waals surface area contributed by atoms with E-state index in [4.69, 9.17) is 39.5 Å². The molecule has 2 amide bonds. The van der Waals surface area contributed by atoms with Crippen LogP contribution in [0.15, 0.2) is 71.6 Å². The average molecular weight is 505 g/mol.